The molecule has 5 nitrogen and oxygen atoms in total. The molecule has 0 rings (SSSR count). The van der Waals surface area contributed by atoms with E-state index in [4.69, 9.17) is 12.4 Å². The summed E-state index contributed by atoms with van der Waals surface area (Å²) in [5.41, 5.74) is 5.63. The Morgan fingerprint density at radius 2 is 1.39 bits per heavy atom. The van der Waals surface area contributed by atoms with Crippen LogP contribution in [-0.2, 0) is 21.4 Å². The van der Waals surface area contributed by atoms with Gasteiger partial charge in [-0.2, -0.15) is 0 Å². The van der Waals surface area contributed by atoms with Gasteiger partial charge in [0.25, 0.3) is 0 Å². The molecule has 112 valence electrons. The minimum absolute atomic E-state index is 0.0196. The van der Waals surface area contributed by atoms with E-state index in [2.05, 4.69) is 5.23 Å². The van der Waals surface area contributed by atoms with Crippen molar-refractivity contribution >= 4 is 0 Å². The van der Waals surface area contributed by atoms with Gasteiger partial charge in [-0.15, -0.1) is 0 Å². The molecule has 0 spiro atoms. The van der Waals surface area contributed by atoms with Crippen molar-refractivity contribution in [1.82, 2.24) is 0 Å². The predicted molar refractivity (Wildman–Crippen MR) is 71.4 cm³/mol. The molecule has 4 N–H and O–H groups in total. The van der Waals surface area contributed by atoms with Gasteiger partial charge in [-0.05, 0) is 0 Å². The summed E-state index contributed by atoms with van der Waals surface area (Å²) in [6.45, 7) is 5.54. The molecule has 0 aromatic carbocycles. The molecule has 0 atom stereocenters. The second kappa shape index (κ2) is 6.79. The zero-order valence-electron chi connectivity index (χ0n) is 12.2. The molecule has 0 aromatic rings. The summed E-state index contributed by atoms with van der Waals surface area (Å²) in [4.78, 5) is 0. The van der Waals surface area contributed by atoms with Gasteiger partial charge in [0.15, 0.2) is 0 Å². The van der Waals surface area contributed by atoms with E-state index in [1.165, 1.54) is 0 Å². The molecule has 0 bridgehead atoms. The maximum absolute atomic E-state index is 9.49. The number of nitrogens with two attached hydrogens (primary N) is 1. The summed E-state index contributed by atoms with van der Waals surface area (Å²) >= 11 is -4.33. The van der Waals surface area contributed by atoms with Crippen LogP contribution in [0.4, 0.5) is 0 Å². The quantitative estimate of drug-likeness (QED) is 0.506. The summed E-state index contributed by atoms with van der Waals surface area (Å²) in [5.74, 6) is 0. The van der Waals surface area contributed by atoms with Crippen molar-refractivity contribution in [1.29, 1.82) is 0 Å². The third kappa shape index (κ3) is 4.00. The molecule has 0 saturated carbocycles. The Kier molecular flexibility index (Phi) is 6.99. The minimum atomic E-state index is -4.33. The van der Waals surface area contributed by atoms with Crippen molar-refractivity contribution in [3.63, 3.8) is 0 Å². The van der Waals surface area contributed by atoms with E-state index in [-0.39, 0.29) is 13.2 Å². The standard InChI is InChI=1S/C3H8N.4C2H5O.CH3.Ti/c1-2-3-4;4*1-2-3;;/h1-4H2;2*2H2,1H3;2*3H,1-2H2;1H3;/q;2*-1;;;;+2. The Morgan fingerprint density at radius 1 is 0.944 bits per heavy atom. The molecule has 6 heteroatoms. The van der Waals surface area contributed by atoms with Gasteiger partial charge >= 0.3 is 110 Å². The van der Waals surface area contributed by atoms with Crippen molar-refractivity contribution in [2.24, 2.45) is 5.73 Å². The summed E-state index contributed by atoms with van der Waals surface area (Å²) in [6.07, 6.45) is 0.793. The van der Waals surface area contributed by atoms with Crippen molar-refractivity contribution in [3.8, 4) is 0 Å². The first-order valence-electron chi connectivity index (χ1n) is 7.00. The molecule has 0 unspecified atom stereocenters. The second-order valence-corrected chi connectivity index (χ2v) is 19.0. The Morgan fingerprint density at radius 3 is 1.67 bits per heavy atom. The normalized spacial score (nSPS) is 16.3. The fourth-order valence-corrected chi connectivity index (χ4v) is 13.5. The Labute approximate surface area is 110 Å². The third-order valence-electron chi connectivity index (χ3n) is 4.34. The van der Waals surface area contributed by atoms with Crippen LogP contribution in [0.25, 0.3) is 0 Å². The molecular weight excluding hydrogens is 270 g/mol. The van der Waals surface area contributed by atoms with Crippen LogP contribution >= 0.6 is 0 Å². The second-order valence-electron chi connectivity index (χ2n) is 5.87. The van der Waals surface area contributed by atoms with Gasteiger partial charge in [-0.1, -0.05) is 0 Å². The van der Waals surface area contributed by atoms with Crippen LogP contribution in [0.15, 0.2) is 0 Å². The molecule has 0 fully saturated rings. The van der Waals surface area contributed by atoms with Gasteiger partial charge in [0.2, 0.25) is 0 Å². The molecule has 0 aliphatic heterocycles. The van der Waals surface area contributed by atoms with Crippen LogP contribution in [0.1, 0.15) is 20.3 Å². The van der Waals surface area contributed by atoms with Crippen molar-refractivity contribution in [2.75, 3.05) is 33.0 Å². The number of hydrogen-bond acceptors (Lipinski definition) is 5. The first kappa shape index (κ1) is 18.5. The number of hydrogen-bond donors (Lipinski definition) is 3. The van der Waals surface area contributed by atoms with E-state index in [1.807, 2.05) is 13.8 Å². The van der Waals surface area contributed by atoms with Gasteiger partial charge < -0.3 is 0 Å². The van der Waals surface area contributed by atoms with Gasteiger partial charge in [0.05, 0.1) is 0 Å². The van der Waals surface area contributed by atoms with E-state index in [9.17, 15) is 10.2 Å². The van der Waals surface area contributed by atoms with Crippen molar-refractivity contribution in [3.05, 3.63) is 0 Å². The molecule has 0 radical (unpaired) electrons. The first-order valence-corrected chi connectivity index (χ1v) is 13.2. The molecule has 0 aromatic heterocycles. The van der Waals surface area contributed by atoms with Gasteiger partial charge in [0.1, 0.15) is 0 Å². The topological polar surface area (TPSA) is 84.9 Å². The van der Waals surface area contributed by atoms with Gasteiger partial charge in [0, 0.05) is 0 Å². The SMILES string of the molecule is CC[O][Ti]([CH3])([CH2]CO)([CH2]CO)([CH2]CCN)[O]CC. The first-order chi connectivity index (χ1) is 8.39. The van der Waals surface area contributed by atoms with E-state index < -0.39 is 14.8 Å². The van der Waals surface area contributed by atoms with Crippen LogP contribution in [0.3, 0.4) is 0 Å². The molecule has 18 heavy (non-hydrogen) atoms. The van der Waals surface area contributed by atoms with E-state index in [0.717, 1.165) is 11.1 Å². The van der Waals surface area contributed by atoms with E-state index >= 15 is 0 Å². The van der Waals surface area contributed by atoms with Crippen molar-refractivity contribution in [2.45, 2.75) is 39.7 Å². The molecular formula is C12H31NO4Ti. The zero-order chi connectivity index (χ0) is 14.2. The summed E-state index contributed by atoms with van der Waals surface area (Å²) in [5, 5.41) is 21.0. The van der Waals surface area contributed by atoms with Crippen LogP contribution in [0.2, 0.25) is 19.4 Å². The Balaban J connectivity index is 5.59. The summed E-state index contributed by atoms with van der Waals surface area (Å²) in [7, 11) is 0. The Hall–Kier alpha value is 0.514. The average Bonchev–Trinajstić information content (AvgIpc) is 2.28. The number of aliphatic hydroxyl groups excluding tert-OH is 2. The maximum atomic E-state index is 9.49. The van der Waals surface area contributed by atoms with Crippen LogP contribution in [-0.4, -0.2) is 43.2 Å². The molecule has 0 saturated heterocycles. The fourth-order valence-electron chi connectivity index (χ4n) is 3.26. The third-order valence-corrected chi connectivity index (χ3v) is 17.2. The van der Waals surface area contributed by atoms with Gasteiger partial charge in [-0.25, -0.2) is 0 Å². The van der Waals surface area contributed by atoms with Gasteiger partial charge in [-0.3, -0.25) is 0 Å². The summed E-state index contributed by atoms with van der Waals surface area (Å²) < 4.78 is 14.2. The number of rotatable bonds is 11. The van der Waals surface area contributed by atoms with Crippen LogP contribution < -0.4 is 5.73 Å². The fraction of sp³-hybridized carbons (Fsp3) is 1.00. The van der Waals surface area contributed by atoms with E-state index in [0.29, 0.717) is 29.2 Å². The average molecular weight is 301 g/mol. The molecule has 0 amide bonds. The molecule has 0 aliphatic rings. The summed E-state index contributed by atoms with van der Waals surface area (Å²) in [6, 6.07) is 0. The van der Waals surface area contributed by atoms with Crippen LogP contribution in [0, 0.1) is 0 Å². The Bertz CT molecular complexity index is 221. The molecule has 0 aliphatic carbocycles. The molecule has 0 heterocycles. The van der Waals surface area contributed by atoms with Crippen molar-refractivity contribution < 1.29 is 31.7 Å². The zero-order valence-corrected chi connectivity index (χ0v) is 13.7. The monoisotopic (exact) mass is 301 g/mol. The number of aliphatic hydroxyl groups is 2. The van der Waals surface area contributed by atoms with E-state index in [1.54, 1.807) is 0 Å². The van der Waals surface area contributed by atoms with Crippen LogP contribution in [0.5, 0.6) is 0 Å². The predicted octanol–water partition coefficient (Wildman–Crippen LogP) is 1.75.